The Morgan fingerprint density at radius 3 is 3.00 bits per heavy atom. The molecule has 3 aromatic heterocycles. The lowest BCUT2D eigenvalue weighted by Crippen LogP contribution is -2.08. The van der Waals surface area contributed by atoms with Crippen LogP contribution in [0, 0.1) is 23.1 Å². The largest absolute Gasteiger partial charge is 0.474 e. The Labute approximate surface area is 153 Å². The molecule has 0 bridgehead atoms. The van der Waals surface area contributed by atoms with Crippen LogP contribution in [0.5, 0.6) is 5.88 Å². The van der Waals surface area contributed by atoms with E-state index in [4.69, 9.17) is 15.7 Å². The molecule has 0 fully saturated rings. The average Bonchev–Trinajstić information content (AvgIpc) is 3.07. The minimum Gasteiger partial charge on any atom is -0.474 e. The van der Waals surface area contributed by atoms with Crippen molar-refractivity contribution >= 4 is 23.1 Å². The second-order valence-corrected chi connectivity index (χ2v) is 5.78. The fourth-order valence-corrected chi connectivity index (χ4v) is 2.26. The third-order valence-corrected chi connectivity index (χ3v) is 3.63. The summed E-state index contributed by atoms with van der Waals surface area (Å²) in [5, 5.41) is 8.74. The van der Waals surface area contributed by atoms with Gasteiger partial charge in [-0.1, -0.05) is 0 Å². The van der Waals surface area contributed by atoms with Crippen LogP contribution >= 0.6 is 0 Å². The summed E-state index contributed by atoms with van der Waals surface area (Å²) in [5.41, 5.74) is 7.56. The van der Waals surface area contributed by atoms with Gasteiger partial charge in [0, 0.05) is 29.6 Å². The monoisotopic (exact) mass is 366 g/mol. The quantitative estimate of drug-likeness (QED) is 0.643. The Balaban J connectivity index is 1.91. The molecule has 0 aliphatic rings. The second kappa shape index (κ2) is 7.61. The Morgan fingerprint density at radius 2 is 2.30 bits per heavy atom. The van der Waals surface area contributed by atoms with Crippen molar-refractivity contribution in [3.63, 3.8) is 0 Å². The van der Waals surface area contributed by atoms with Gasteiger partial charge in [-0.25, -0.2) is 19.3 Å². The predicted molar refractivity (Wildman–Crippen MR) is 95.6 cm³/mol. The highest BCUT2D eigenvalue weighted by atomic mass is 19.1. The maximum absolute atomic E-state index is 14.2. The van der Waals surface area contributed by atoms with Gasteiger partial charge in [-0.2, -0.15) is 5.26 Å². The molecule has 0 spiro atoms. The van der Waals surface area contributed by atoms with E-state index in [9.17, 15) is 9.18 Å². The maximum Gasteiger partial charge on any atom is 0.250 e. The SMILES string of the molecule is C[C@H](C#N)COc1ncc(-c2cnc3[nH]cc(/C=C/C(N)=O)c3n2)cc1F. The lowest BCUT2D eigenvalue weighted by molar-refractivity contribution is -0.113. The first-order chi connectivity index (χ1) is 13.0. The average molecular weight is 366 g/mol. The van der Waals surface area contributed by atoms with Crippen molar-refractivity contribution in [3.05, 3.63) is 42.1 Å². The third-order valence-electron chi connectivity index (χ3n) is 3.63. The van der Waals surface area contributed by atoms with Gasteiger partial charge in [0.25, 0.3) is 0 Å². The molecule has 0 saturated carbocycles. The Kier molecular flexibility index (Phi) is 5.08. The number of nitrogens with two attached hydrogens (primary N) is 1. The smallest absolute Gasteiger partial charge is 0.250 e. The fourth-order valence-electron chi connectivity index (χ4n) is 2.26. The van der Waals surface area contributed by atoms with Gasteiger partial charge in [-0.3, -0.25) is 4.79 Å². The highest BCUT2D eigenvalue weighted by molar-refractivity contribution is 5.93. The van der Waals surface area contributed by atoms with Crippen molar-refractivity contribution in [2.24, 2.45) is 11.7 Å². The van der Waals surface area contributed by atoms with Crippen molar-refractivity contribution in [1.29, 1.82) is 5.26 Å². The van der Waals surface area contributed by atoms with Gasteiger partial charge in [0.1, 0.15) is 12.1 Å². The van der Waals surface area contributed by atoms with E-state index in [1.165, 1.54) is 30.6 Å². The summed E-state index contributed by atoms with van der Waals surface area (Å²) < 4.78 is 19.5. The first kappa shape index (κ1) is 18.0. The van der Waals surface area contributed by atoms with Gasteiger partial charge in [-0.05, 0) is 19.1 Å². The molecule has 27 heavy (non-hydrogen) atoms. The molecular formula is C18H15FN6O2. The van der Waals surface area contributed by atoms with Crippen LogP contribution in [-0.2, 0) is 4.79 Å². The number of fused-ring (bicyclic) bond motifs is 1. The number of carbonyl (C=O) groups is 1. The molecule has 3 aromatic rings. The summed E-state index contributed by atoms with van der Waals surface area (Å²) >= 11 is 0. The van der Waals surface area contributed by atoms with Crippen LogP contribution in [0.3, 0.4) is 0 Å². The van der Waals surface area contributed by atoms with Gasteiger partial charge >= 0.3 is 0 Å². The minimum atomic E-state index is -0.664. The van der Waals surface area contributed by atoms with E-state index in [0.29, 0.717) is 28.0 Å². The van der Waals surface area contributed by atoms with E-state index >= 15 is 0 Å². The molecule has 8 nitrogen and oxygen atoms in total. The molecule has 1 amide bonds. The first-order valence-electron chi connectivity index (χ1n) is 7.98. The Morgan fingerprint density at radius 1 is 1.48 bits per heavy atom. The number of pyridine rings is 1. The lowest BCUT2D eigenvalue weighted by Gasteiger charge is -2.08. The number of aromatic amines is 1. The molecule has 0 aliphatic carbocycles. The topological polar surface area (TPSA) is 131 Å². The summed E-state index contributed by atoms with van der Waals surface area (Å²) in [4.78, 5) is 26.5. The van der Waals surface area contributed by atoms with Gasteiger partial charge in [-0.15, -0.1) is 0 Å². The molecule has 0 saturated heterocycles. The zero-order valence-corrected chi connectivity index (χ0v) is 14.3. The van der Waals surface area contributed by atoms with Crippen molar-refractivity contribution in [3.8, 4) is 23.2 Å². The Hall–Kier alpha value is -3.80. The summed E-state index contributed by atoms with van der Waals surface area (Å²) in [6, 6.07) is 3.23. The van der Waals surface area contributed by atoms with E-state index in [1.54, 1.807) is 13.1 Å². The summed E-state index contributed by atoms with van der Waals surface area (Å²) in [6.45, 7) is 1.71. The van der Waals surface area contributed by atoms with Crippen LogP contribution < -0.4 is 10.5 Å². The number of nitriles is 1. The number of primary amides is 1. The number of ether oxygens (including phenoxy) is 1. The number of hydrogen-bond acceptors (Lipinski definition) is 6. The van der Waals surface area contributed by atoms with Gasteiger partial charge in [0.15, 0.2) is 11.5 Å². The van der Waals surface area contributed by atoms with Gasteiger partial charge in [0.05, 0.1) is 23.9 Å². The number of nitrogens with one attached hydrogen (secondary N) is 1. The molecular weight excluding hydrogens is 351 g/mol. The molecule has 3 heterocycles. The molecule has 3 N–H and O–H groups in total. The fraction of sp³-hybridized carbons (Fsp3) is 0.167. The zero-order chi connectivity index (χ0) is 19.4. The van der Waals surface area contributed by atoms with E-state index in [1.807, 2.05) is 6.07 Å². The lowest BCUT2D eigenvalue weighted by atomic mass is 10.2. The van der Waals surface area contributed by atoms with Crippen molar-refractivity contribution < 1.29 is 13.9 Å². The zero-order valence-electron chi connectivity index (χ0n) is 14.3. The first-order valence-corrected chi connectivity index (χ1v) is 7.98. The molecule has 0 radical (unpaired) electrons. The Bertz CT molecular complexity index is 1070. The van der Waals surface area contributed by atoms with Crippen LogP contribution in [0.1, 0.15) is 12.5 Å². The van der Waals surface area contributed by atoms with E-state index < -0.39 is 11.7 Å². The number of halogens is 1. The van der Waals surface area contributed by atoms with Crippen molar-refractivity contribution in [1.82, 2.24) is 19.9 Å². The standard InChI is InChI=1S/C18H15FN6O2/c1-10(5-20)9-27-18-13(19)4-12(7-24-18)14-8-23-17-16(25-14)11(6-22-17)2-3-15(21)26/h2-4,6-8,10H,9H2,1H3,(H2,21,26)(H,22,23)/b3-2+/t10-/m1/s1. The summed E-state index contributed by atoms with van der Waals surface area (Å²) in [7, 11) is 0. The number of amides is 1. The van der Waals surface area contributed by atoms with Crippen LogP contribution in [0.25, 0.3) is 28.5 Å². The van der Waals surface area contributed by atoms with Gasteiger partial charge < -0.3 is 15.5 Å². The van der Waals surface area contributed by atoms with Crippen LogP contribution in [0.2, 0.25) is 0 Å². The molecule has 9 heteroatoms. The van der Waals surface area contributed by atoms with E-state index in [-0.39, 0.29) is 18.4 Å². The van der Waals surface area contributed by atoms with E-state index in [2.05, 4.69) is 19.9 Å². The van der Waals surface area contributed by atoms with Crippen LogP contribution in [0.4, 0.5) is 4.39 Å². The highest BCUT2D eigenvalue weighted by Gasteiger charge is 2.12. The normalized spacial score (nSPS) is 12.2. The third kappa shape index (κ3) is 4.07. The maximum atomic E-state index is 14.2. The molecule has 136 valence electrons. The molecule has 1 atom stereocenters. The number of rotatable bonds is 6. The van der Waals surface area contributed by atoms with Crippen molar-refractivity contribution in [2.75, 3.05) is 6.61 Å². The number of hydrogen-bond donors (Lipinski definition) is 2. The molecule has 0 aromatic carbocycles. The van der Waals surface area contributed by atoms with Crippen LogP contribution in [-0.4, -0.2) is 32.4 Å². The summed E-state index contributed by atoms with van der Waals surface area (Å²) in [6.07, 6.45) is 7.27. The number of nitrogens with zero attached hydrogens (tertiary/aromatic N) is 4. The van der Waals surface area contributed by atoms with Crippen LogP contribution in [0.15, 0.2) is 30.7 Å². The minimum absolute atomic E-state index is 0.0461. The second-order valence-electron chi connectivity index (χ2n) is 5.78. The molecule has 3 rings (SSSR count). The summed E-state index contributed by atoms with van der Waals surface area (Å²) in [5.74, 6) is -1.80. The highest BCUT2D eigenvalue weighted by Crippen LogP contribution is 2.24. The number of H-pyrrole nitrogens is 1. The molecule has 0 unspecified atom stereocenters. The molecule has 0 aliphatic heterocycles. The number of aromatic nitrogens is 4. The van der Waals surface area contributed by atoms with Gasteiger partial charge in [0.2, 0.25) is 11.8 Å². The number of carbonyl (C=O) groups excluding carboxylic acids is 1. The predicted octanol–water partition coefficient (Wildman–Crippen LogP) is 2.20. The van der Waals surface area contributed by atoms with E-state index in [0.717, 1.165) is 0 Å². The van der Waals surface area contributed by atoms with Crippen molar-refractivity contribution in [2.45, 2.75) is 6.92 Å².